The van der Waals surface area contributed by atoms with Gasteiger partial charge in [0.1, 0.15) is 11.9 Å². The Kier molecular flexibility index (Phi) is 3.81. The molecular weight excluding hydrogens is 255 g/mol. The van der Waals surface area contributed by atoms with Crippen molar-refractivity contribution in [2.75, 3.05) is 5.32 Å². The van der Waals surface area contributed by atoms with Crippen molar-refractivity contribution in [1.82, 2.24) is 0 Å². The molecule has 0 bridgehead atoms. The summed E-state index contributed by atoms with van der Waals surface area (Å²) in [7, 11) is 0. The number of anilines is 1. The summed E-state index contributed by atoms with van der Waals surface area (Å²) in [4.78, 5) is 12.1. The maximum Gasteiger partial charge on any atom is 0.255 e. The summed E-state index contributed by atoms with van der Waals surface area (Å²) in [5, 5.41) is 11.8. The summed E-state index contributed by atoms with van der Waals surface area (Å²) in [6, 6.07) is 11.4. The second-order valence-electron chi connectivity index (χ2n) is 4.58. The molecule has 0 fully saturated rings. The molecule has 0 aliphatic carbocycles. The van der Waals surface area contributed by atoms with Gasteiger partial charge in [0, 0.05) is 5.56 Å². The molecule has 0 saturated heterocycles. The molecule has 2 aromatic rings. The highest BCUT2D eigenvalue weighted by Gasteiger charge is 2.11. The van der Waals surface area contributed by atoms with E-state index in [4.69, 9.17) is 5.26 Å². The smallest absolute Gasteiger partial charge is 0.255 e. The molecule has 2 aromatic carbocycles. The normalized spacial score (nSPS) is 9.90. The lowest BCUT2D eigenvalue weighted by Gasteiger charge is -2.09. The van der Waals surface area contributed by atoms with Crippen LogP contribution in [-0.4, -0.2) is 5.91 Å². The predicted octanol–water partition coefficient (Wildman–Crippen LogP) is 3.57. The Morgan fingerprint density at radius 3 is 2.65 bits per heavy atom. The molecule has 0 unspecified atom stereocenters. The number of amides is 1. The van der Waals surface area contributed by atoms with Crippen LogP contribution in [-0.2, 0) is 0 Å². The first kappa shape index (κ1) is 13.8. The van der Waals surface area contributed by atoms with Crippen LogP contribution in [0.25, 0.3) is 0 Å². The first-order valence-electron chi connectivity index (χ1n) is 6.09. The van der Waals surface area contributed by atoms with E-state index in [0.717, 1.165) is 5.56 Å². The summed E-state index contributed by atoms with van der Waals surface area (Å²) in [6.07, 6.45) is 0. The van der Waals surface area contributed by atoms with Gasteiger partial charge in [-0.2, -0.15) is 5.26 Å². The average Bonchev–Trinajstić information content (AvgIpc) is 2.37. The second-order valence-corrected chi connectivity index (χ2v) is 4.58. The lowest BCUT2D eigenvalue weighted by atomic mass is 10.1. The highest BCUT2D eigenvalue weighted by molar-refractivity contribution is 6.05. The van der Waals surface area contributed by atoms with Crippen molar-refractivity contribution >= 4 is 11.6 Å². The first-order chi connectivity index (χ1) is 9.51. The predicted molar refractivity (Wildman–Crippen MR) is 75.0 cm³/mol. The van der Waals surface area contributed by atoms with E-state index in [1.165, 1.54) is 12.1 Å². The third-order valence-electron chi connectivity index (χ3n) is 2.94. The fourth-order valence-corrected chi connectivity index (χ4v) is 1.98. The van der Waals surface area contributed by atoms with E-state index in [1.54, 1.807) is 38.1 Å². The molecule has 0 aliphatic heterocycles. The van der Waals surface area contributed by atoms with Crippen molar-refractivity contribution in [3.05, 3.63) is 64.5 Å². The van der Waals surface area contributed by atoms with Crippen molar-refractivity contribution in [3.8, 4) is 6.07 Å². The lowest BCUT2D eigenvalue weighted by molar-refractivity contribution is 0.102. The monoisotopic (exact) mass is 268 g/mol. The zero-order chi connectivity index (χ0) is 14.7. The Labute approximate surface area is 116 Å². The third kappa shape index (κ3) is 2.83. The molecule has 3 nitrogen and oxygen atoms in total. The Morgan fingerprint density at radius 1 is 1.25 bits per heavy atom. The van der Waals surface area contributed by atoms with E-state index >= 15 is 0 Å². The van der Waals surface area contributed by atoms with E-state index in [1.807, 2.05) is 0 Å². The largest absolute Gasteiger partial charge is 0.321 e. The minimum Gasteiger partial charge on any atom is -0.321 e. The van der Waals surface area contributed by atoms with E-state index in [9.17, 15) is 9.18 Å². The van der Waals surface area contributed by atoms with Gasteiger partial charge in [-0.3, -0.25) is 4.79 Å². The molecule has 0 aliphatic rings. The summed E-state index contributed by atoms with van der Waals surface area (Å²) < 4.78 is 13.3. The van der Waals surface area contributed by atoms with Crippen molar-refractivity contribution in [1.29, 1.82) is 5.26 Å². The zero-order valence-corrected chi connectivity index (χ0v) is 11.2. The number of carbonyl (C=O) groups excluding carboxylic acids is 1. The molecule has 0 spiro atoms. The number of halogens is 1. The molecule has 4 heteroatoms. The Hall–Kier alpha value is -2.67. The van der Waals surface area contributed by atoms with Crippen LogP contribution in [0.15, 0.2) is 36.4 Å². The van der Waals surface area contributed by atoms with Crippen molar-refractivity contribution in [3.63, 3.8) is 0 Å². The summed E-state index contributed by atoms with van der Waals surface area (Å²) in [5.74, 6) is -0.894. The minimum atomic E-state index is -0.458. The van der Waals surface area contributed by atoms with Crippen LogP contribution in [0.2, 0.25) is 0 Å². The average molecular weight is 268 g/mol. The van der Waals surface area contributed by atoms with E-state index < -0.39 is 11.7 Å². The van der Waals surface area contributed by atoms with Crippen LogP contribution in [0.3, 0.4) is 0 Å². The third-order valence-corrected chi connectivity index (χ3v) is 2.94. The first-order valence-corrected chi connectivity index (χ1v) is 6.09. The lowest BCUT2D eigenvalue weighted by Crippen LogP contribution is -2.13. The van der Waals surface area contributed by atoms with Crippen molar-refractivity contribution in [2.45, 2.75) is 13.8 Å². The van der Waals surface area contributed by atoms with Gasteiger partial charge in [0.2, 0.25) is 0 Å². The number of hydrogen-bond donors (Lipinski definition) is 1. The Morgan fingerprint density at radius 2 is 2.00 bits per heavy atom. The van der Waals surface area contributed by atoms with Crippen LogP contribution < -0.4 is 5.32 Å². The number of nitriles is 1. The van der Waals surface area contributed by atoms with Crippen LogP contribution in [0.4, 0.5) is 10.1 Å². The van der Waals surface area contributed by atoms with Gasteiger partial charge in [0.05, 0.1) is 11.3 Å². The molecule has 2 rings (SSSR count). The zero-order valence-electron chi connectivity index (χ0n) is 11.2. The maximum atomic E-state index is 13.3. The second kappa shape index (κ2) is 5.54. The molecule has 0 saturated carbocycles. The number of hydrogen-bond acceptors (Lipinski definition) is 2. The molecule has 20 heavy (non-hydrogen) atoms. The van der Waals surface area contributed by atoms with Gasteiger partial charge >= 0.3 is 0 Å². The number of nitrogens with one attached hydrogen (secondary N) is 1. The van der Waals surface area contributed by atoms with Gasteiger partial charge in [-0.1, -0.05) is 12.1 Å². The minimum absolute atomic E-state index is 0.230. The molecule has 100 valence electrons. The van der Waals surface area contributed by atoms with Crippen LogP contribution in [0.1, 0.15) is 27.0 Å². The highest BCUT2D eigenvalue weighted by Crippen LogP contribution is 2.19. The standard InChI is InChI=1S/C16H13FN2O/c1-10-6-12(8-13(17)7-10)16(20)19-15-5-3-4-11(2)14(15)9-18/h3-8H,1-2H3,(H,19,20). The topological polar surface area (TPSA) is 52.9 Å². The van der Waals surface area contributed by atoms with E-state index in [-0.39, 0.29) is 5.56 Å². The summed E-state index contributed by atoms with van der Waals surface area (Å²) >= 11 is 0. The van der Waals surface area contributed by atoms with Crippen LogP contribution in [0.5, 0.6) is 0 Å². The van der Waals surface area contributed by atoms with Crippen molar-refractivity contribution < 1.29 is 9.18 Å². The molecular formula is C16H13FN2O. The number of nitrogens with zero attached hydrogens (tertiary/aromatic N) is 1. The molecule has 0 heterocycles. The van der Waals surface area contributed by atoms with Crippen molar-refractivity contribution in [2.24, 2.45) is 0 Å². The number of aryl methyl sites for hydroxylation is 2. The van der Waals surface area contributed by atoms with Gasteiger partial charge < -0.3 is 5.32 Å². The summed E-state index contributed by atoms with van der Waals surface area (Å²) in [6.45, 7) is 3.51. The van der Waals surface area contributed by atoms with Gasteiger partial charge in [-0.05, 0) is 49.2 Å². The maximum absolute atomic E-state index is 13.3. The Balaban J connectivity index is 2.33. The molecule has 0 radical (unpaired) electrons. The number of rotatable bonds is 2. The van der Waals surface area contributed by atoms with E-state index in [0.29, 0.717) is 16.8 Å². The fourth-order valence-electron chi connectivity index (χ4n) is 1.98. The van der Waals surface area contributed by atoms with Gasteiger partial charge in [-0.15, -0.1) is 0 Å². The molecule has 1 amide bonds. The van der Waals surface area contributed by atoms with Crippen LogP contribution >= 0.6 is 0 Å². The number of benzene rings is 2. The molecule has 1 N–H and O–H groups in total. The van der Waals surface area contributed by atoms with Gasteiger partial charge in [0.25, 0.3) is 5.91 Å². The number of carbonyl (C=O) groups is 1. The quantitative estimate of drug-likeness (QED) is 0.905. The Bertz CT molecular complexity index is 697. The SMILES string of the molecule is Cc1cc(F)cc(C(=O)Nc2cccc(C)c2C#N)c1. The highest BCUT2D eigenvalue weighted by atomic mass is 19.1. The van der Waals surface area contributed by atoms with Crippen LogP contribution in [0, 0.1) is 31.0 Å². The molecule has 0 atom stereocenters. The van der Waals surface area contributed by atoms with Gasteiger partial charge in [0.15, 0.2) is 0 Å². The van der Waals surface area contributed by atoms with Gasteiger partial charge in [-0.25, -0.2) is 4.39 Å². The van der Waals surface area contributed by atoms with E-state index in [2.05, 4.69) is 11.4 Å². The molecule has 0 aromatic heterocycles. The summed E-state index contributed by atoms with van der Waals surface area (Å²) in [5.41, 5.74) is 2.52. The fraction of sp³-hybridized carbons (Fsp3) is 0.125.